The van der Waals surface area contributed by atoms with Crippen molar-refractivity contribution in [3.63, 3.8) is 0 Å². The van der Waals surface area contributed by atoms with Gasteiger partial charge in [-0.3, -0.25) is 9.59 Å². The van der Waals surface area contributed by atoms with Gasteiger partial charge in [0.1, 0.15) is 0 Å². The summed E-state index contributed by atoms with van der Waals surface area (Å²) >= 11 is 0. The summed E-state index contributed by atoms with van der Waals surface area (Å²) in [6.07, 6.45) is 0.104. The van der Waals surface area contributed by atoms with E-state index in [1.165, 1.54) is 0 Å². The Labute approximate surface area is 152 Å². The molecule has 0 aliphatic carbocycles. The Balaban J connectivity index is 1.72. The number of carbonyl (C=O) groups is 3. The van der Waals surface area contributed by atoms with Crippen molar-refractivity contribution in [2.75, 3.05) is 5.32 Å². The molecular formula is C21H21NO4. The van der Waals surface area contributed by atoms with Gasteiger partial charge in [0.05, 0.1) is 5.56 Å². The van der Waals surface area contributed by atoms with Gasteiger partial charge in [-0.05, 0) is 68.1 Å². The van der Waals surface area contributed by atoms with Crippen molar-refractivity contribution in [2.24, 2.45) is 0 Å². The van der Waals surface area contributed by atoms with Crippen LogP contribution in [0, 0.1) is 13.8 Å². The molecule has 1 aliphatic rings. The van der Waals surface area contributed by atoms with E-state index in [1.54, 1.807) is 31.2 Å². The van der Waals surface area contributed by atoms with Gasteiger partial charge in [-0.1, -0.05) is 12.1 Å². The van der Waals surface area contributed by atoms with Crippen LogP contribution in [0.1, 0.15) is 50.8 Å². The Hall–Kier alpha value is -2.95. The zero-order chi connectivity index (χ0) is 18.8. The molecule has 1 N–H and O–H groups in total. The number of rotatable bonds is 4. The van der Waals surface area contributed by atoms with Gasteiger partial charge >= 0.3 is 5.97 Å². The number of carbonyl (C=O) groups excluding carboxylic acids is 3. The van der Waals surface area contributed by atoms with Crippen molar-refractivity contribution in [1.82, 2.24) is 0 Å². The van der Waals surface area contributed by atoms with Gasteiger partial charge in [0, 0.05) is 17.7 Å². The van der Waals surface area contributed by atoms with Crippen molar-refractivity contribution in [2.45, 2.75) is 39.7 Å². The van der Waals surface area contributed by atoms with Crippen molar-refractivity contribution in [3.05, 3.63) is 64.2 Å². The van der Waals surface area contributed by atoms with E-state index in [-0.39, 0.29) is 11.7 Å². The largest absolute Gasteiger partial charge is 0.451 e. The van der Waals surface area contributed by atoms with Crippen molar-refractivity contribution < 1.29 is 19.1 Å². The molecule has 2 aromatic rings. The number of benzene rings is 2. The number of aryl methyl sites for hydroxylation is 3. The Morgan fingerprint density at radius 3 is 2.46 bits per heavy atom. The second kappa shape index (κ2) is 7.12. The van der Waals surface area contributed by atoms with E-state index < -0.39 is 12.1 Å². The number of ether oxygens (including phenoxy) is 1. The highest BCUT2D eigenvalue weighted by Crippen LogP contribution is 2.24. The molecule has 0 unspecified atom stereocenters. The zero-order valence-corrected chi connectivity index (χ0v) is 15.1. The van der Waals surface area contributed by atoms with E-state index in [1.807, 2.05) is 26.0 Å². The molecule has 0 spiro atoms. The number of fused-ring (bicyclic) bond motifs is 1. The van der Waals surface area contributed by atoms with Crippen LogP contribution in [0.2, 0.25) is 0 Å². The molecule has 3 rings (SSSR count). The van der Waals surface area contributed by atoms with Crippen LogP contribution in [0.25, 0.3) is 0 Å². The molecule has 2 aromatic carbocycles. The molecule has 1 heterocycles. The lowest BCUT2D eigenvalue weighted by Crippen LogP contribution is -2.25. The second-order valence-electron chi connectivity index (χ2n) is 6.63. The molecule has 5 nitrogen and oxygen atoms in total. The van der Waals surface area contributed by atoms with Crippen LogP contribution in [0.3, 0.4) is 0 Å². The van der Waals surface area contributed by atoms with E-state index >= 15 is 0 Å². The molecule has 0 saturated heterocycles. The number of esters is 1. The van der Waals surface area contributed by atoms with Crippen molar-refractivity contribution in [3.8, 4) is 0 Å². The van der Waals surface area contributed by atoms with Crippen LogP contribution < -0.4 is 5.32 Å². The average molecular weight is 351 g/mol. The Kier molecular flexibility index (Phi) is 4.89. The number of hydrogen-bond donors (Lipinski definition) is 1. The fourth-order valence-corrected chi connectivity index (χ4v) is 2.92. The smallest absolute Gasteiger partial charge is 0.338 e. The van der Waals surface area contributed by atoms with Gasteiger partial charge in [-0.25, -0.2) is 4.79 Å². The highest BCUT2D eigenvalue weighted by molar-refractivity contribution is 6.02. The summed E-state index contributed by atoms with van der Waals surface area (Å²) in [5.41, 5.74) is 4.64. The number of amides is 1. The van der Waals surface area contributed by atoms with E-state index in [0.717, 1.165) is 22.4 Å². The van der Waals surface area contributed by atoms with Crippen LogP contribution >= 0.6 is 0 Å². The van der Waals surface area contributed by atoms with E-state index in [4.69, 9.17) is 4.74 Å². The molecule has 0 fully saturated rings. The summed E-state index contributed by atoms with van der Waals surface area (Å²) in [6.45, 7) is 5.49. The third-order valence-electron chi connectivity index (χ3n) is 4.68. The van der Waals surface area contributed by atoms with Crippen LogP contribution in [0.15, 0.2) is 36.4 Å². The maximum Gasteiger partial charge on any atom is 0.338 e. The number of anilines is 1. The van der Waals surface area contributed by atoms with Crippen LogP contribution in [0.5, 0.6) is 0 Å². The van der Waals surface area contributed by atoms with Crippen LogP contribution in [0.4, 0.5) is 5.69 Å². The molecule has 1 amide bonds. The lowest BCUT2D eigenvalue weighted by molar-refractivity contribution is -0.116. The standard InChI is InChI=1S/C21H21NO4/c1-12-4-5-16(10-13(12)2)20(24)14(3)26-21(25)17-6-8-18-15(11-17)7-9-19(23)22-18/h4-6,8,10-11,14H,7,9H2,1-3H3,(H,22,23)/t14-/m1/s1. The maximum atomic E-state index is 12.5. The first kappa shape index (κ1) is 17.9. The van der Waals surface area contributed by atoms with Crippen LogP contribution in [-0.4, -0.2) is 23.8 Å². The fourth-order valence-electron chi connectivity index (χ4n) is 2.92. The minimum Gasteiger partial charge on any atom is -0.451 e. The summed E-state index contributed by atoms with van der Waals surface area (Å²) in [5.74, 6) is -0.804. The minimum atomic E-state index is -0.875. The topological polar surface area (TPSA) is 72.5 Å². The molecule has 1 aliphatic heterocycles. The normalized spacial score (nSPS) is 14.2. The third kappa shape index (κ3) is 3.67. The number of hydrogen-bond acceptors (Lipinski definition) is 4. The molecule has 5 heteroatoms. The summed E-state index contributed by atoms with van der Waals surface area (Å²) in [5, 5.41) is 2.77. The van der Waals surface area contributed by atoms with Gasteiger partial charge in [0.2, 0.25) is 11.7 Å². The molecule has 0 saturated carbocycles. The van der Waals surface area contributed by atoms with Crippen LogP contribution in [-0.2, 0) is 16.0 Å². The molecule has 0 aromatic heterocycles. The summed E-state index contributed by atoms with van der Waals surface area (Å²) < 4.78 is 5.36. The maximum absolute atomic E-state index is 12.5. The van der Waals surface area contributed by atoms with E-state index in [9.17, 15) is 14.4 Å². The highest BCUT2D eigenvalue weighted by atomic mass is 16.5. The second-order valence-corrected chi connectivity index (χ2v) is 6.63. The third-order valence-corrected chi connectivity index (χ3v) is 4.68. The van der Waals surface area contributed by atoms with E-state index in [2.05, 4.69) is 5.32 Å². The van der Waals surface area contributed by atoms with E-state index in [0.29, 0.717) is 24.0 Å². The first-order chi connectivity index (χ1) is 12.3. The predicted molar refractivity (Wildman–Crippen MR) is 98.5 cm³/mol. The summed E-state index contributed by atoms with van der Waals surface area (Å²) in [7, 11) is 0. The molecule has 0 bridgehead atoms. The van der Waals surface area contributed by atoms with Gasteiger partial charge in [0.25, 0.3) is 0 Å². The van der Waals surface area contributed by atoms with Crippen molar-refractivity contribution >= 4 is 23.3 Å². The molecular weight excluding hydrogens is 330 g/mol. The molecule has 1 atom stereocenters. The number of Topliss-reactive ketones (excluding diaryl/α,β-unsaturated/α-hetero) is 1. The Bertz CT molecular complexity index is 901. The summed E-state index contributed by atoms with van der Waals surface area (Å²) in [4.78, 5) is 36.3. The average Bonchev–Trinajstić information content (AvgIpc) is 2.62. The number of ketones is 1. The van der Waals surface area contributed by atoms with Gasteiger partial charge in [-0.15, -0.1) is 0 Å². The first-order valence-electron chi connectivity index (χ1n) is 8.60. The molecule has 26 heavy (non-hydrogen) atoms. The quantitative estimate of drug-likeness (QED) is 0.674. The van der Waals surface area contributed by atoms with Gasteiger partial charge < -0.3 is 10.1 Å². The summed E-state index contributed by atoms with van der Waals surface area (Å²) in [6, 6.07) is 10.4. The van der Waals surface area contributed by atoms with Crippen molar-refractivity contribution in [1.29, 1.82) is 0 Å². The molecule has 134 valence electrons. The number of nitrogens with one attached hydrogen (secondary N) is 1. The molecule has 0 radical (unpaired) electrons. The van der Waals surface area contributed by atoms with Gasteiger partial charge in [-0.2, -0.15) is 0 Å². The predicted octanol–water partition coefficient (Wildman–Crippen LogP) is 3.62. The highest BCUT2D eigenvalue weighted by Gasteiger charge is 2.22. The minimum absolute atomic E-state index is 0.0274. The SMILES string of the molecule is Cc1ccc(C(=O)[C@@H](C)OC(=O)c2ccc3c(c2)CCC(=O)N3)cc1C. The lowest BCUT2D eigenvalue weighted by Gasteiger charge is -2.18. The first-order valence-corrected chi connectivity index (χ1v) is 8.60. The van der Waals surface area contributed by atoms with Gasteiger partial charge in [0.15, 0.2) is 6.10 Å². The fraction of sp³-hybridized carbons (Fsp3) is 0.286. The monoisotopic (exact) mass is 351 g/mol. The lowest BCUT2D eigenvalue weighted by atomic mass is 10.00. The zero-order valence-electron chi connectivity index (χ0n) is 15.1. The Morgan fingerprint density at radius 2 is 1.73 bits per heavy atom. The Morgan fingerprint density at radius 1 is 1.00 bits per heavy atom.